The molecular formula is C24H27F5N4O4. The first kappa shape index (κ1) is 27.0. The van der Waals surface area contributed by atoms with Crippen molar-refractivity contribution < 1.29 is 36.2 Å². The lowest BCUT2D eigenvalue weighted by molar-refractivity contribution is -0.212. The molecule has 37 heavy (non-hydrogen) atoms. The molecular weight excluding hydrogens is 503 g/mol. The predicted octanol–water partition coefficient (Wildman–Crippen LogP) is 2.65. The van der Waals surface area contributed by atoms with Crippen molar-refractivity contribution in [3.8, 4) is 5.75 Å². The first-order valence-electron chi connectivity index (χ1n) is 11.4. The molecule has 0 bridgehead atoms. The topological polar surface area (TPSA) is 84.8 Å². The van der Waals surface area contributed by atoms with E-state index in [4.69, 9.17) is 9.47 Å². The molecule has 0 saturated carbocycles. The van der Waals surface area contributed by atoms with E-state index in [0.29, 0.717) is 13.1 Å². The molecule has 2 saturated heterocycles. The number of halogens is 5. The van der Waals surface area contributed by atoms with Gasteiger partial charge in [-0.25, -0.2) is 4.39 Å². The van der Waals surface area contributed by atoms with Crippen LogP contribution >= 0.6 is 0 Å². The molecule has 1 aromatic carbocycles. The van der Waals surface area contributed by atoms with Crippen molar-refractivity contribution in [2.45, 2.75) is 42.7 Å². The van der Waals surface area contributed by atoms with Gasteiger partial charge in [0.15, 0.2) is 11.6 Å². The summed E-state index contributed by atoms with van der Waals surface area (Å²) in [6.45, 7) is 2.19. The summed E-state index contributed by atoms with van der Waals surface area (Å²) < 4.78 is 82.8. The van der Waals surface area contributed by atoms with Crippen molar-refractivity contribution >= 4 is 11.6 Å². The second kappa shape index (κ2) is 9.69. The van der Waals surface area contributed by atoms with Gasteiger partial charge < -0.3 is 24.3 Å². The van der Waals surface area contributed by atoms with Gasteiger partial charge in [0.25, 0.3) is 5.56 Å². The van der Waals surface area contributed by atoms with Crippen LogP contribution in [0, 0.1) is 11.6 Å². The normalized spacial score (nSPS) is 26.7. The zero-order valence-corrected chi connectivity index (χ0v) is 20.5. The summed E-state index contributed by atoms with van der Waals surface area (Å²) in [6, 6.07) is 2.83. The number of aromatic nitrogens is 1. The SMILES string of the molecule is COc1c([C@H]2[C@H](C(=O)Nc3ccn(C4CN(C)C4)c(=O)c3)N[C@@](C)(C(F)(F)F)[C@H]2OC)ccc(F)c1F. The number of anilines is 1. The summed E-state index contributed by atoms with van der Waals surface area (Å²) >= 11 is 0. The average Bonchev–Trinajstić information content (AvgIpc) is 3.12. The summed E-state index contributed by atoms with van der Waals surface area (Å²) in [5.41, 5.74) is -3.22. The number of likely N-dealkylation sites (N-methyl/N-ethyl adjacent to an activating group) is 1. The van der Waals surface area contributed by atoms with Crippen LogP contribution in [0.15, 0.2) is 35.3 Å². The summed E-state index contributed by atoms with van der Waals surface area (Å²) in [5, 5.41) is 4.78. The third-order valence-electron chi connectivity index (χ3n) is 7.13. The maximum Gasteiger partial charge on any atom is 0.408 e. The van der Waals surface area contributed by atoms with Crippen LogP contribution in [0.3, 0.4) is 0 Å². The number of carbonyl (C=O) groups is 1. The number of ether oxygens (including phenoxy) is 2. The lowest BCUT2D eigenvalue weighted by Gasteiger charge is -2.37. The van der Waals surface area contributed by atoms with Crippen LogP contribution in [0.5, 0.6) is 5.75 Å². The number of methoxy groups -OCH3 is 2. The van der Waals surface area contributed by atoms with E-state index in [0.717, 1.165) is 33.3 Å². The molecule has 3 heterocycles. The predicted molar refractivity (Wildman–Crippen MR) is 124 cm³/mol. The molecule has 8 nitrogen and oxygen atoms in total. The molecule has 2 aromatic rings. The third-order valence-corrected chi connectivity index (χ3v) is 7.13. The number of rotatable bonds is 6. The molecule has 4 rings (SSSR count). The number of nitrogens with one attached hydrogen (secondary N) is 2. The minimum atomic E-state index is -4.89. The monoisotopic (exact) mass is 530 g/mol. The van der Waals surface area contributed by atoms with Gasteiger partial charge in [-0.1, -0.05) is 6.07 Å². The fraction of sp³-hybridized carbons (Fsp3) is 0.500. The van der Waals surface area contributed by atoms with Crippen molar-refractivity contribution in [3.63, 3.8) is 0 Å². The molecule has 2 N–H and O–H groups in total. The number of likely N-dealkylation sites (tertiary alicyclic amines) is 1. The molecule has 0 spiro atoms. The van der Waals surface area contributed by atoms with Gasteiger partial charge in [-0.3, -0.25) is 14.9 Å². The van der Waals surface area contributed by atoms with Gasteiger partial charge in [-0.2, -0.15) is 17.6 Å². The Bertz CT molecular complexity index is 1250. The molecule has 202 valence electrons. The number of hydrogen-bond acceptors (Lipinski definition) is 6. The maximum absolute atomic E-state index is 14.5. The van der Waals surface area contributed by atoms with Crippen LogP contribution < -0.4 is 20.9 Å². The number of amides is 1. The van der Waals surface area contributed by atoms with E-state index in [2.05, 4.69) is 10.6 Å². The summed E-state index contributed by atoms with van der Waals surface area (Å²) in [6.07, 6.45) is -5.10. The van der Waals surface area contributed by atoms with Crippen LogP contribution in [0.1, 0.15) is 24.4 Å². The lowest BCUT2D eigenvalue weighted by Crippen LogP contribution is -2.59. The maximum atomic E-state index is 14.5. The lowest BCUT2D eigenvalue weighted by atomic mass is 9.82. The Labute approximate surface area is 209 Å². The molecule has 13 heteroatoms. The Kier molecular flexibility index (Phi) is 7.08. The zero-order valence-electron chi connectivity index (χ0n) is 20.5. The van der Waals surface area contributed by atoms with Crippen molar-refractivity contribution in [3.05, 3.63) is 58.0 Å². The van der Waals surface area contributed by atoms with Crippen LogP contribution in [0.25, 0.3) is 0 Å². The molecule has 2 aliphatic heterocycles. The molecule has 0 aliphatic carbocycles. The van der Waals surface area contributed by atoms with Gasteiger partial charge in [0.2, 0.25) is 11.7 Å². The van der Waals surface area contributed by atoms with Crippen LogP contribution in [-0.2, 0) is 9.53 Å². The van der Waals surface area contributed by atoms with Crippen molar-refractivity contribution in [1.82, 2.24) is 14.8 Å². The van der Waals surface area contributed by atoms with Crippen molar-refractivity contribution in [2.75, 3.05) is 39.7 Å². The first-order chi connectivity index (χ1) is 17.3. The smallest absolute Gasteiger partial charge is 0.408 e. The molecule has 0 unspecified atom stereocenters. The highest BCUT2D eigenvalue weighted by Crippen LogP contribution is 2.49. The Hall–Kier alpha value is -3.03. The van der Waals surface area contributed by atoms with Crippen molar-refractivity contribution in [2.24, 2.45) is 0 Å². The molecule has 4 atom stereocenters. The highest BCUT2D eigenvalue weighted by atomic mass is 19.4. The van der Waals surface area contributed by atoms with Gasteiger partial charge in [-0.15, -0.1) is 0 Å². The Morgan fingerprint density at radius 2 is 1.86 bits per heavy atom. The van der Waals surface area contributed by atoms with E-state index >= 15 is 0 Å². The van der Waals surface area contributed by atoms with E-state index in [1.54, 1.807) is 0 Å². The van der Waals surface area contributed by atoms with E-state index in [1.165, 1.54) is 22.9 Å². The number of alkyl halides is 3. The zero-order chi connectivity index (χ0) is 27.3. The molecule has 2 fully saturated rings. The van der Waals surface area contributed by atoms with Crippen molar-refractivity contribution in [1.29, 1.82) is 0 Å². The largest absolute Gasteiger partial charge is 0.493 e. The minimum Gasteiger partial charge on any atom is -0.493 e. The van der Waals surface area contributed by atoms with Gasteiger partial charge >= 0.3 is 6.18 Å². The van der Waals surface area contributed by atoms with Crippen LogP contribution in [0.4, 0.5) is 27.6 Å². The Balaban J connectivity index is 1.71. The molecule has 1 aromatic heterocycles. The molecule has 1 amide bonds. The van der Waals surface area contributed by atoms with Gasteiger partial charge in [0.1, 0.15) is 5.54 Å². The van der Waals surface area contributed by atoms with Gasteiger partial charge in [0, 0.05) is 49.6 Å². The van der Waals surface area contributed by atoms with E-state index < -0.39 is 53.1 Å². The average molecular weight is 530 g/mol. The summed E-state index contributed by atoms with van der Waals surface area (Å²) in [7, 11) is 3.98. The number of benzene rings is 1. The minimum absolute atomic E-state index is 0.0149. The summed E-state index contributed by atoms with van der Waals surface area (Å²) in [5.74, 6) is -5.66. The van der Waals surface area contributed by atoms with Gasteiger partial charge in [0.05, 0.1) is 25.3 Å². The van der Waals surface area contributed by atoms with Crippen LogP contribution in [0.2, 0.25) is 0 Å². The summed E-state index contributed by atoms with van der Waals surface area (Å²) in [4.78, 5) is 27.9. The Morgan fingerprint density at radius 3 is 2.41 bits per heavy atom. The second-order valence-electron chi connectivity index (χ2n) is 9.51. The second-order valence-corrected chi connectivity index (χ2v) is 9.51. The number of carbonyl (C=O) groups excluding carboxylic acids is 1. The van der Waals surface area contributed by atoms with Crippen LogP contribution in [-0.4, -0.2) is 73.6 Å². The number of nitrogens with zero attached hydrogens (tertiary/aromatic N) is 2. The van der Waals surface area contributed by atoms with Gasteiger partial charge in [-0.05, 0) is 26.1 Å². The third kappa shape index (κ3) is 4.59. The first-order valence-corrected chi connectivity index (χ1v) is 11.4. The molecule has 2 aliphatic rings. The number of hydrogen-bond donors (Lipinski definition) is 2. The highest BCUT2D eigenvalue weighted by molar-refractivity contribution is 5.96. The highest BCUT2D eigenvalue weighted by Gasteiger charge is 2.66. The van der Waals surface area contributed by atoms with E-state index in [9.17, 15) is 31.5 Å². The Morgan fingerprint density at radius 1 is 1.19 bits per heavy atom. The standard InChI is InChI=1S/C24H27F5N4O4/c1-23(24(27,28)29)21(37-4)17(14-5-6-15(25)18(26)20(14)36-3)19(31-23)22(35)30-12-7-8-33(16(34)9-12)13-10-32(2)11-13/h5-9,13,17,19,21,31H,10-11H2,1-4H3,(H,30,35)/t17-,19+,21-,23+/m0/s1. The molecule has 0 radical (unpaired) electrons. The fourth-order valence-electron chi connectivity index (χ4n) is 5.17. The number of pyridine rings is 1. The van der Waals surface area contributed by atoms with E-state index in [-0.39, 0.29) is 22.9 Å². The fourth-order valence-corrected chi connectivity index (χ4v) is 5.17. The quantitative estimate of drug-likeness (QED) is 0.559. The van der Waals surface area contributed by atoms with E-state index in [1.807, 2.05) is 11.9 Å².